The topological polar surface area (TPSA) is 122 Å². The van der Waals surface area contributed by atoms with Gasteiger partial charge in [0.2, 0.25) is 0 Å². The largest absolute Gasteiger partial charge is 0.480 e. The molecular formula is C9H17N3O5. The van der Waals surface area contributed by atoms with Crippen molar-refractivity contribution in [3.05, 3.63) is 4.91 Å². The summed E-state index contributed by atoms with van der Waals surface area (Å²) in [7, 11) is 1.54. The molecule has 8 heteroatoms. The summed E-state index contributed by atoms with van der Waals surface area (Å²) in [5, 5.41) is 12.3. The molecule has 0 aromatic carbocycles. The average Bonchev–Trinajstić information content (AvgIpc) is 2.30. The SMILES string of the molecule is CN(CCCCC(=O)OC[C@H](N)C(=O)O)N=O. The molecule has 0 aromatic rings. The smallest absolute Gasteiger partial charge is 0.324 e. The van der Waals surface area contributed by atoms with Crippen molar-refractivity contribution in [3.8, 4) is 0 Å². The number of rotatable bonds is 9. The molecule has 0 saturated heterocycles. The van der Waals surface area contributed by atoms with E-state index in [1.807, 2.05) is 0 Å². The van der Waals surface area contributed by atoms with Gasteiger partial charge in [0.15, 0.2) is 0 Å². The summed E-state index contributed by atoms with van der Waals surface area (Å²) in [6.07, 6.45) is 1.34. The van der Waals surface area contributed by atoms with E-state index in [1.165, 1.54) is 12.1 Å². The Labute approximate surface area is 98.7 Å². The molecule has 0 amide bonds. The van der Waals surface area contributed by atoms with Crippen molar-refractivity contribution in [1.29, 1.82) is 0 Å². The first-order valence-electron chi connectivity index (χ1n) is 5.15. The van der Waals surface area contributed by atoms with Gasteiger partial charge in [0.25, 0.3) is 0 Å². The van der Waals surface area contributed by atoms with Gasteiger partial charge in [-0.2, -0.15) is 0 Å². The van der Waals surface area contributed by atoms with E-state index in [0.717, 1.165) is 0 Å². The maximum atomic E-state index is 11.1. The van der Waals surface area contributed by atoms with Crippen LogP contribution >= 0.6 is 0 Å². The summed E-state index contributed by atoms with van der Waals surface area (Å²) in [6.45, 7) is 0.134. The van der Waals surface area contributed by atoms with E-state index >= 15 is 0 Å². The number of nitrogens with zero attached hydrogens (tertiary/aromatic N) is 2. The van der Waals surface area contributed by atoms with Crippen LogP contribution in [0, 0.1) is 4.91 Å². The zero-order valence-corrected chi connectivity index (χ0v) is 9.66. The molecule has 0 radical (unpaired) electrons. The first-order chi connectivity index (χ1) is 7.97. The molecule has 0 rings (SSSR count). The fraction of sp³-hybridized carbons (Fsp3) is 0.778. The van der Waals surface area contributed by atoms with Crippen molar-refractivity contribution in [2.24, 2.45) is 11.0 Å². The van der Waals surface area contributed by atoms with Crippen LogP contribution in [0.4, 0.5) is 0 Å². The minimum Gasteiger partial charge on any atom is -0.480 e. The normalized spacial score (nSPS) is 11.6. The molecular weight excluding hydrogens is 230 g/mol. The zero-order valence-electron chi connectivity index (χ0n) is 9.66. The number of esters is 1. The summed E-state index contributed by atoms with van der Waals surface area (Å²) in [5.74, 6) is -1.71. The molecule has 3 N–H and O–H groups in total. The van der Waals surface area contributed by atoms with Gasteiger partial charge >= 0.3 is 11.9 Å². The zero-order chi connectivity index (χ0) is 13.3. The minimum absolute atomic E-state index is 0.166. The van der Waals surface area contributed by atoms with Crippen molar-refractivity contribution >= 4 is 11.9 Å². The van der Waals surface area contributed by atoms with Gasteiger partial charge in [-0.05, 0) is 12.8 Å². The number of carbonyl (C=O) groups is 2. The Kier molecular flexibility index (Phi) is 7.61. The quantitative estimate of drug-likeness (QED) is 0.249. The lowest BCUT2D eigenvalue weighted by Crippen LogP contribution is -2.35. The number of nitroso groups, excluding NO2 is 1. The Bertz CT molecular complexity index is 271. The van der Waals surface area contributed by atoms with Crippen LogP contribution in [-0.2, 0) is 14.3 Å². The molecule has 0 spiro atoms. The molecule has 0 heterocycles. The highest BCUT2D eigenvalue weighted by atomic mass is 16.5. The van der Waals surface area contributed by atoms with Crippen LogP contribution in [0.2, 0.25) is 0 Å². The van der Waals surface area contributed by atoms with Crippen LogP contribution < -0.4 is 5.73 Å². The van der Waals surface area contributed by atoms with Gasteiger partial charge in [-0.25, -0.2) is 0 Å². The van der Waals surface area contributed by atoms with Crippen LogP contribution in [0.3, 0.4) is 0 Å². The maximum Gasteiger partial charge on any atom is 0.324 e. The second-order valence-electron chi connectivity index (χ2n) is 3.55. The van der Waals surface area contributed by atoms with Crippen LogP contribution in [0.15, 0.2) is 5.29 Å². The third-order valence-electron chi connectivity index (χ3n) is 1.99. The van der Waals surface area contributed by atoms with Crippen LogP contribution in [0.25, 0.3) is 0 Å². The summed E-state index contributed by atoms with van der Waals surface area (Å²) in [5.41, 5.74) is 5.15. The molecule has 0 aliphatic rings. The highest BCUT2D eigenvalue weighted by Crippen LogP contribution is 2.00. The van der Waals surface area contributed by atoms with Crippen LogP contribution in [0.5, 0.6) is 0 Å². The number of carboxylic acids is 1. The summed E-state index contributed by atoms with van der Waals surface area (Å²) >= 11 is 0. The number of hydrogen-bond acceptors (Lipinski definition) is 6. The highest BCUT2D eigenvalue weighted by Gasteiger charge is 2.13. The summed E-state index contributed by atoms with van der Waals surface area (Å²) < 4.78 is 4.65. The standard InChI is InChI=1S/C9H17N3O5/c1-12(11-16)5-3-2-4-8(13)17-6-7(10)9(14)15/h7H,2-6,10H2,1H3,(H,14,15)/t7-/m0/s1. The number of nitrogens with two attached hydrogens (primary N) is 1. The maximum absolute atomic E-state index is 11.1. The van der Waals surface area contributed by atoms with E-state index in [9.17, 15) is 14.5 Å². The Hall–Kier alpha value is -1.70. The van der Waals surface area contributed by atoms with Crippen molar-refractivity contribution in [2.45, 2.75) is 25.3 Å². The lowest BCUT2D eigenvalue weighted by molar-refractivity contribution is -0.147. The third-order valence-corrected chi connectivity index (χ3v) is 1.99. The minimum atomic E-state index is -1.21. The van der Waals surface area contributed by atoms with Gasteiger partial charge in [0.05, 0.1) is 5.29 Å². The third kappa shape index (κ3) is 8.14. The predicted molar refractivity (Wildman–Crippen MR) is 58.8 cm³/mol. The molecule has 98 valence electrons. The molecule has 17 heavy (non-hydrogen) atoms. The molecule has 0 bridgehead atoms. The van der Waals surface area contributed by atoms with Gasteiger partial charge in [-0.15, -0.1) is 4.91 Å². The van der Waals surface area contributed by atoms with Crippen LogP contribution in [-0.4, -0.2) is 48.3 Å². The van der Waals surface area contributed by atoms with E-state index in [2.05, 4.69) is 10.0 Å². The Morgan fingerprint density at radius 1 is 1.47 bits per heavy atom. The van der Waals surface area contributed by atoms with Crippen molar-refractivity contribution in [3.63, 3.8) is 0 Å². The molecule has 0 aliphatic heterocycles. The molecule has 1 atom stereocenters. The summed E-state index contributed by atoms with van der Waals surface area (Å²) in [6, 6.07) is -1.19. The first-order valence-corrected chi connectivity index (χ1v) is 5.15. The lowest BCUT2D eigenvalue weighted by atomic mass is 10.2. The van der Waals surface area contributed by atoms with E-state index in [-0.39, 0.29) is 13.0 Å². The van der Waals surface area contributed by atoms with Gasteiger partial charge < -0.3 is 15.6 Å². The predicted octanol–water partition coefficient (Wildman–Crippen LogP) is -0.275. The second-order valence-corrected chi connectivity index (χ2v) is 3.55. The van der Waals surface area contributed by atoms with Gasteiger partial charge in [-0.3, -0.25) is 14.6 Å². The Morgan fingerprint density at radius 2 is 2.12 bits per heavy atom. The van der Waals surface area contributed by atoms with E-state index in [0.29, 0.717) is 19.4 Å². The number of carboxylic acid groups (broad SMARTS) is 1. The van der Waals surface area contributed by atoms with Crippen molar-refractivity contribution < 1.29 is 19.4 Å². The highest BCUT2D eigenvalue weighted by molar-refractivity contribution is 5.74. The molecule has 0 fully saturated rings. The average molecular weight is 247 g/mol. The molecule has 0 aromatic heterocycles. The molecule has 0 aliphatic carbocycles. The van der Waals surface area contributed by atoms with Crippen molar-refractivity contribution in [1.82, 2.24) is 5.01 Å². The van der Waals surface area contributed by atoms with E-state index in [4.69, 9.17) is 10.8 Å². The van der Waals surface area contributed by atoms with Gasteiger partial charge in [0, 0.05) is 20.0 Å². The number of unbranched alkanes of at least 4 members (excludes halogenated alkanes) is 1. The fourth-order valence-electron chi connectivity index (χ4n) is 0.977. The molecule has 8 nitrogen and oxygen atoms in total. The van der Waals surface area contributed by atoms with E-state index < -0.39 is 18.0 Å². The molecule has 0 unspecified atom stereocenters. The van der Waals surface area contributed by atoms with E-state index in [1.54, 1.807) is 0 Å². The van der Waals surface area contributed by atoms with Crippen molar-refractivity contribution in [2.75, 3.05) is 20.2 Å². The number of ether oxygens (including phenoxy) is 1. The Morgan fingerprint density at radius 3 is 2.65 bits per heavy atom. The van der Waals surface area contributed by atoms with Gasteiger partial charge in [0.1, 0.15) is 12.6 Å². The number of aliphatic carboxylic acids is 1. The first kappa shape index (κ1) is 15.3. The Balaban J connectivity index is 3.53. The monoisotopic (exact) mass is 247 g/mol. The fourth-order valence-corrected chi connectivity index (χ4v) is 0.977. The number of carbonyl (C=O) groups excluding carboxylic acids is 1. The summed E-state index contributed by atoms with van der Waals surface area (Å²) in [4.78, 5) is 31.4. The second kappa shape index (κ2) is 8.45. The van der Waals surface area contributed by atoms with Gasteiger partial charge in [-0.1, -0.05) is 0 Å². The van der Waals surface area contributed by atoms with Crippen LogP contribution in [0.1, 0.15) is 19.3 Å². The molecule has 0 saturated carbocycles. The lowest BCUT2D eigenvalue weighted by Gasteiger charge is -2.09. The number of hydrogen-bond donors (Lipinski definition) is 2.